The second-order valence-corrected chi connectivity index (χ2v) is 6.56. The molecule has 1 aliphatic carbocycles. The van der Waals surface area contributed by atoms with E-state index < -0.39 is 0 Å². The van der Waals surface area contributed by atoms with Gasteiger partial charge in [-0.1, -0.05) is 18.2 Å². The molecular formula is C20H23N3O3. The van der Waals surface area contributed by atoms with Gasteiger partial charge in [-0.05, 0) is 43.0 Å². The zero-order valence-corrected chi connectivity index (χ0v) is 14.8. The van der Waals surface area contributed by atoms with Crippen LogP contribution in [0.15, 0.2) is 48.8 Å². The molecule has 1 heterocycles. The summed E-state index contributed by atoms with van der Waals surface area (Å²) in [5, 5.41) is 5.71. The van der Waals surface area contributed by atoms with Crippen LogP contribution in [0.5, 0.6) is 0 Å². The third-order valence-electron chi connectivity index (χ3n) is 4.80. The minimum atomic E-state index is -0.346. The first-order chi connectivity index (χ1) is 12.6. The van der Waals surface area contributed by atoms with Crippen molar-refractivity contribution in [1.82, 2.24) is 10.3 Å². The fourth-order valence-electron chi connectivity index (χ4n) is 3.08. The van der Waals surface area contributed by atoms with Crippen LogP contribution in [0.2, 0.25) is 0 Å². The Balaban J connectivity index is 1.63. The molecule has 0 aliphatic heterocycles. The van der Waals surface area contributed by atoms with Crippen molar-refractivity contribution in [1.29, 1.82) is 0 Å². The molecule has 136 valence electrons. The summed E-state index contributed by atoms with van der Waals surface area (Å²) in [5.41, 5.74) is 1.51. The fraction of sp³-hybridized carbons (Fsp3) is 0.350. The average Bonchev–Trinajstić information content (AvgIpc) is 2.64. The normalized spacial score (nSPS) is 15.0. The number of aromatic nitrogens is 1. The van der Waals surface area contributed by atoms with Gasteiger partial charge in [-0.3, -0.25) is 14.6 Å². The van der Waals surface area contributed by atoms with E-state index >= 15 is 0 Å². The number of carbonyl (C=O) groups excluding carboxylic acids is 2. The number of ether oxygens (including phenoxy) is 1. The Morgan fingerprint density at radius 2 is 2.00 bits per heavy atom. The van der Waals surface area contributed by atoms with E-state index in [4.69, 9.17) is 4.74 Å². The average molecular weight is 353 g/mol. The maximum atomic E-state index is 12.5. The third kappa shape index (κ3) is 4.26. The number of benzene rings is 1. The summed E-state index contributed by atoms with van der Waals surface area (Å²) in [6, 6.07) is 10.7. The number of methoxy groups -OCH3 is 1. The number of hydrogen-bond donors (Lipinski definition) is 2. The molecule has 1 aromatic heterocycles. The minimum absolute atomic E-state index is 0.140. The van der Waals surface area contributed by atoms with Gasteiger partial charge in [0.15, 0.2) is 0 Å². The minimum Gasteiger partial charge on any atom is -0.378 e. The molecule has 1 saturated carbocycles. The van der Waals surface area contributed by atoms with Gasteiger partial charge in [0, 0.05) is 26.0 Å². The second-order valence-electron chi connectivity index (χ2n) is 6.56. The fourth-order valence-corrected chi connectivity index (χ4v) is 3.08. The Morgan fingerprint density at radius 3 is 2.65 bits per heavy atom. The van der Waals surface area contributed by atoms with Crippen molar-refractivity contribution in [3.63, 3.8) is 0 Å². The lowest BCUT2D eigenvalue weighted by molar-refractivity contribution is -0.129. The molecule has 0 bridgehead atoms. The van der Waals surface area contributed by atoms with Crippen molar-refractivity contribution in [2.24, 2.45) is 0 Å². The number of nitrogens with zero attached hydrogens (tertiary/aromatic N) is 1. The lowest BCUT2D eigenvalue weighted by atomic mass is 9.77. The number of para-hydroxylation sites is 1. The first kappa shape index (κ1) is 18.1. The molecular weight excluding hydrogens is 330 g/mol. The lowest BCUT2D eigenvalue weighted by Crippen LogP contribution is -2.42. The van der Waals surface area contributed by atoms with Gasteiger partial charge in [-0.2, -0.15) is 0 Å². The van der Waals surface area contributed by atoms with Gasteiger partial charge in [0.1, 0.15) is 0 Å². The molecule has 0 saturated heterocycles. The van der Waals surface area contributed by atoms with Gasteiger partial charge in [0.05, 0.1) is 23.3 Å². The summed E-state index contributed by atoms with van der Waals surface area (Å²) < 4.78 is 5.50. The monoisotopic (exact) mass is 353 g/mol. The van der Waals surface area contributed by atoms with Gasteiger partial charge < -0.3 is 15.4 Å². The summed E-state index contributed by atoms with van der Waals surface area (Å²) in [7, 11) is 1.65. The standard InChI is InChI=1S/C20H23N3O3/c1-26-20(9-5-10-20)12-18(24)23-17-8-3-2-7-16(17)19(25)22-14-15-6-4-11-21-13-15/h2-4,6-8,11,13H,5,9-10,12,14H2,1H3,(H,22,25)(H,23,24). The summed E-state index contributed by atoms with van der Waals surface area (Å²) in [6.07, 6.45) is 6.56. The van der Waals surface area contributed by atoms with Crippen molar-refractivity contribution in [3.8, 4) is 0 Å². The Kier molecular flexibility index (Phi) is 5.63. The van der Waals surface area contributed by atoms with Crippen LogP contribution in [0.3, 0.4) is 0 Å². The number of anilines is 1. The van der Waals surface area contributed by atoms with Gasteiger partial charge in [0.25, 0.3) is 5.91 Å². The number of hydrogen-bond acceptors (Lipinski definition) is 4. The highest BCUT2D eigenvalue weighted by Crippen LogP contribution is 2.38. The molecule has 26 heavy (non-hydrogen) atoms. The summed E-state index contributed by atoms with van der Waals surface area (Å²) in [5.74, 6) is -0.381. The van der Waals surface area contributed by atoms with E-state index in [1.807, 2.05) is 12.1 Å². The van der Waals surface area contributed by atoms with Crippen molar-refractivity contribution in [2.75, 3.05) is 12.4 Å². The van der Waals surface area contributed by atoms with E-state index in [2.05, 4.69) is 15.6 Å². The molecule has 2 amide bonds. The van der Waals surface area contributed by atoms with Crippen LogP contribution in [0.25, 0.3) is 0 Å². The molecule has 6 nitrogen and oxygen atoms in total. The zero-order chi connectivity index (χ0) is 18.4. The van der Waals surface area contributed by atoms with Crippen molar-refractivity contribution in [3.05, 3.63) is 59.9 Å². The highest BCUT2D eigenvalue weighted by atomic mass is 16.5. The third-order valence-corrected chi connectivity index (χ3v) is 4.80. The molecule has 1 aliphatic rings. The van der Waals surface area contributed by atoms with Gasteiger partial charge in [-0.15, -0.1) is 0 Å². The molecule has 6 heteroatoms. The first-order valence-corrected chi connectivity index (χ1v) is 8.73. The van der Waals surface area contributed by atoms with Crippen molar-refractivity contribution < 1.29 is 14.3 Å². The lowest BCUT2D eigenvalue weighted by Gasteiger charge is -2.39. The van der Waals surface area contributed by atoms with Crippen LogP contribution in [0.1, 0.15) is 41.6 Å². The molecule has 0 spiro atoms. The highest BCUT2D eigenvalue weighted by Gasteiger charge is 2.39. The molecule has 2 N–H and O–H groups in total. The van der Waals surface area contributed by atoms with Crippen LogP contribution >= 0.6 is 0 Å². The van der Waals surface area contributed by atoms with E-state index in [0.717, 1.165) is 24.8 Å². The summed E-state index contributed by atoms with van der Waals surface area (Å²) >= 11 is 0. The summed E-state index contributed by atoms with van der Waals surface area (Å²) in [4.78, 5) is 29.0. The Labute approximate surface area is 153 Å². The van der Waals surface area contributed by atoms with Gasteiger partial charge in [-0.25, -0.2) is 0 Å². The van der Waals surface area contributed by atoms with Crippen molar-refractivity contribution in [2.45, 2.75) is 37.8 Å². The van der Waals surface area contributed by atoms with Crippen LogP contribution in [-0.4, -0.2) is 29.5 Å². The molecule has 1 aromatic carbocycles. The predicted molar refractivity (Wildman–Crippen MR) is 98.7 cm³/mol. The molecule has 0 atom stereocenters. The molecule has 2 aromatic rings. The number of amides is 2. The quantitative estimate of drug-likeness (QED) is 0.802. The van der Waals surface area contributed by atoms with Crippen LogP contribution in [-0.2, 0) is 16.1 Å². The van der Waals surface area contributed by atoms with E-state index in [1.165, 1.54) is 0 Å². The Morgan fingerprint density at radius 1 is 1.19 bits per heavy atom. The first-order valence-electron chi connectivity index (χ1n) is 8.73. The van der Waals surface area contributed by atoms with Crippen LogP contribution in [0.4, 0.5) is 5.69 Å². The zero-order valence-electron chi connectivity index (χ0n) is 14.8. The molecule has 0 radical (unpaired) electrons. The van der Waals surface area contributed by atoms with Gasteiger partial charge in [0.2, 0.25) is 5.91 Å². The van der Waals surface area contributed by atoms with E-state index in [1.54, 1.807) is 43.8 Å². The SMILES string of the molecule is COC1(CC(=O)Nc2ccccc2C(=O)NCc2cccnc2)CCC1. The largest absolute Gasteiger partial charge is 0.378 e. The molecule has 1 fully saturated rings. The highest BCUT2D eigenvalue weighted by molar-refractivity contribution is 6.03. The van der Waals surface area contributed by atoms with Crippen LogP contribution in [0, 0.1) is 0 Å². The topological polar surface area (TPSA) is 80.3 Å². The van der Waals surface area contributed by atoms with E-state index in [-0.39, 0.29) is 17.4 Å². The maximum absolute atomic E-state index is 12.5. The maximum Gasteiger partial charge on any atom is 0.253 e. The predicted octanol–water partition coefficient (Wildman–Crippen LogP) is 2.91. The number of pyridine rings is 1. The van der Waals surface area contributed by atoms with Crippen LogP contribution < -0.4 is 10.6 Å². The van der Waals surface area contributed by atoms with E-state index in [9.17, 15) is 9.59 Å². The van der Waals surface area contributed by atoms with Crippen molar-refractivity contribution >= 4 is 17.5 Å². The number of carbonyl (C=O) groups is 2. The Hall–Kier alpha value is -2.73. The second kappa shape index (κ2) is 8.10. The number of rotatable bonds is 7. The smallest absolute Gasteiger partial charge is 0.253 e. The molecule has 3 rings (SSSR count). The summed E-state index contributed by atoms with van der Waals surface area (Å²) in [6.45, 7) is 0.377. The Bertz CT molecular complexity index is 767. The van der Waals surface area contributed by atoms with Gasteiger partial charge >= 0.3 is 0 Å². The van der Waals surface area contributed by atoms with E-state index in [0.29, 0.717) is 24.2 Å². The molecule has 0 unspecified atom stereocenters. The number of nitrogens with one attached hydrogen (secondary N) is 2.